The molecule has 1 aromatic carbocycles. The zero-order valence-corrected chi connectivity index (χ0v) is 6.19. The quantitative estimate of drug-likeness (QED) is 0.435. The van der Waals surface area contributed by atoms with Crippen molar-refractivity contribution in [1.29, 1.82) is 0 Å². The van der Waals surface area contributed by atoms with Crippen LogP contribution in [-0.2, 0) is 6.18 Å². The van der Waals surface area contributed by atoms with Gasteiger partial charge in [-0.25, -0.2) is 9.24 Å². The van der Waals surface area contributed by atoms with Crippen molar-refractivity contribution in [3.63, 3.8) is 0 Å². The molecule has 0 bridgehead atoms. The Bertz CT molecular complexity index is 361. The summed E-state index contributed by atoms with van der Waals surface area (Å²) in [7, 11) is 0. The second kappa shape index (κ2) is 3.05. The molecule has 0 fully saturated rings. The van der Waals surface area contributed by atoms with E-state index >= 15 is 0 Å². The first-order valence-electron chi connectivity index (χ1n) is 3.19. The van der Waals surface area contributed by atoms with Crippen molar-refractivity contribution in [2.75, 3.05) is 0 Å². The van der Waals surface area contributed by atoms with Gasteiger partial charge in [0.05, 0.1) is 12.1 Å². The van der Waals surface area contributed by atoms with Gasteiger partial charge in [0.2, 0.25) is 0 Å². The number of nitrogens with zero attached hydrogens (tertiary/aromatic N) is 1. The Balaban J connectivity index is 3.35. The molecule has 0 atom stereocenters. The molecule has 0 radical (unpaired) electrons. The molecule has 0 aromatic heterocycles. The summed E-state index contributed by atoms with van der Waals surface area (Å²) in [5.41, 5.74) is -1.82. The minimum atomic E-state index is -4.68. The molecule has 0 N–H and O–H groups in total. The number of rotatable bonds is 0. The standard InChI is InChI=1S/C8H3F4N/c1-13-7-3-2-5(9)4-6(7)8(10,11)12/h2-4H. The molecule has 0 heterocycles. The summed E-state index contributed by atoms with van der Waals surface area (Å²) < 4.78 is 48.7. The molecule has 0 aliphatic rings. The first-order chi connectivity index (χ1) is 5.95. The number of halogens is 4. The second-order valence-corrected chi connectivity index (χ2v) is 2.27. The normalized spacial score (nSPS) is 11.0. The van der Waals surface area contributed by atoms with E-state index in [1.807, 2.05) is 0 Å². The van der Waals surface area contributed by atoms with Crippen LogP contribution in [-0.4, -0.2) is 0 Å². The maximum absolute atomic E-state index is 12.4. The fourth-order valence-corrected chi connectivity index (χ4v) is 0.833. The number of hydrogen-bond acceptors (Lipinski definition) is 0. The van der Waals surface area contributed by atoms with Gasteiger partial charge in [-0.2, -0.15) is 13.2 Å². The van der Waals surface area contributed by atoms with E-state index in [1.165, 1.54) is 0 Å². The van der Waals surface area contributed by atoms with E-state index in [-0.39, 0.29) is 0 Å². The van der Waals surface area contributed by atoms with Crippen molar-refractivity contribution in [1.82, 2.24) is 0 Å². The molecule has 0 aliphatic heterocycles. The molecular weight excluding hydrogens is 186 g/mol. The average molecular weight is 189 g/mol. The first-order valence-corrected chi connectivity index (χ1v) is 3.19. The van der Waals surface area contributed by atoms with Crippen LogP contribution in [0.25, 0.3) is 4.85 Å². The van der Waals surface area contributed by atoms with Gasteiger partial charge in [-0.1, -0.05) is 6.07 Å². The van der Waals surface area contributed by atoms with Gasteiger partial charge in [-0.3, -0.25) is 0 Å². The molecule has 68 valence electrons. The van der Waals surface area contributed by atoms with Gasteiger partial charge in [-0.15, -0.1) is 0 Å². The van der Waals surface area contributed by atoms with E-state index < -0.39 is 23.2 Å². The van der Waals surface area contributed by atoms with Crippen molar-refractivity contribution >= 4 is 5.69 Å². The minimum absolute atomic E-state index is 0.313. The van der Waals surface area contributed by atoms with Crippen LogP contribution >= 0.6 is 0 Å². The lowest BCUT2D eigenvalue weighted by atomic mass is 10.1. The molecule has 13 heavy (non-hydrogen) atoms. The Hall–Kier alpha value is -1.57. The van der Waals surface area contributed by atoms with E-state index in [1.54, 1.807) is 0 Å². The second-order valence-electron chi connectivity index (χ2n) is 2.27. The molecule has 5 heteroatoms. The molecule has 0 unspecified atom stereocenters. The molecule has 1 nitrogen and oxygen atoms in total. The van der Waals surface area contributed by atoms with Crippen LogP contribution in [0.5, 0.6) is 0 Å². The van der Waals surface area contributed by atoms with Gasteiger partial charge in [0.1, 0.15) is 5.82 Å². The van der Waals surface area contributed by atoms with Crippen LogP contribution in [0.2, 0.25) is 0 Å². The predicted molar refractivity (Wildman–Crippen MR) is 37.7 cm³/mol. The molecular formula is C8H3F4N. The summed E-state index contributed by atoms with van der Waals surface area (Å²) in [6.45, 7) is 6.44. The predicted octanol–water partition coefficient (Wildman–Crippen LogP) is 3.40. The third-order valence-corrected chi connectivity index (χ3v) is 1.38. The summed E-state index contributed by atoms with van der Waals surface area (Å²) in [4.78, 5) is 2.64. The van der Waals surface area contributed by atoms with Crippen LogP contribution in [0.15, 0.2) is 18.2 Å². The largest absolute Gasteiger partial charge is 0.407 e. The SMILES string of the molecule is [C-]#[N+]c1ccc(F)cc1C(F)(F)F. The Morgan fingerprint density at radius 1 is 1.23 bits per heavy atom. The lowest BCUT2D eigenvalue weighted by Crippen LogP contribution is -2.05. The summed E-state index contributed by atoms with van der Waals surface area (Å²) in [6, 6.07) is 1.95. The van der Waals surface area contributed by atoms with Gasteiger partial charge in [0, 0.05) is 0 Å². The van der Waals surface area contributed by atoms with Crippen molar-refractivity contribution in [3.05, 3.63) is 41.0 Å². The molecule has 0 saturated heterocycles. The fourth-order valence-electron chi connectivity index (χ4n) is 0.833. The smallest absolute Gasteiger partial charge is 0.238 e. The van der Waals surface area contributed by atoms with Gasteiger partial charge in [0.25, 0.3) is 0 Å². The monoisotopic (exact) mass is 189 g/mol. The zero-order valence-electron chi connectivity index (χ0n) is 6.19. The number of benzene rings is 1. The molecule has 1 aromatic rings. The van der Waals surface area contributed by atoms with Crippen molar-refractivity contribution in [2.24, 2.45) is 0 Å². The Morgan fingerprint density at radius 3 is 2.31 bits per heavy atom. The van der Waals surface area contributed by atoms with Crippen LogP contribution in [0.3, 0.4) is 0 Å². The van der Waals surface area contributed by atoms with Crippen molar-refractivity contribution < 1.29 is 17.6 Å². The maximum atomic E-state index is 12.4. The van der Waals surface area contributed by atoms with Crippen LogP contribution in [0, 0.1) is 12.4 Å². The first kappa shape index (κ1) is 9.52. The van der Waals surface area contributed by atoms with Gasteiger partial charge in [0.15, 0.2) is 5.69 Å². The highest BCUT2D eigenvalue weighted by atomic mass is 19.4. The molecule has 1 rings (SSSR count). The summed E-state index contributed by atoms with van der Waals surface area (Å²) >= 11 is 0. The van der Waals surface area contributed by atoms with E-state index in [4.69, 9.17) is 6.57 Å². The van der Waals surface area contributed by atoms with Gasteiger partial charge < -0.3 is 0 Å². The molecule has 0 aliphatic carbocycles. The fraction of sp³-hybridized carbons (Fsp3) is 0.125. The summed E-state index contributed by atoms with van der Waals surface area (Å²) in [5.74, 6) is -1.00. The highest BCUT2D eigenvalue weighted by molar-refractivity contribution is 5.53. The Labute approximate surface area is 71.4 Å². The molecule has 0 saturated carbocycles. The summed E-state index contributed by atoms with van der Waals surface area (Å²) in [5, 5.41) is 0. The number of hydrogen-bond donors (Lipinski definition) is 0. The number of alkyl halides is 3. The summed E-state index contributed by atoms with van der Waals surface area (Å²) in [6.07, 6.45) is -4.68. The lowest BCUT2D eigenvalue weighted by molar-refractivity contribution is -0.137. The van der Waals surface area contributed by atoms with Crippen LogP contribution in [0.4, 0.5) is 23.2 Å². The third kappa shape index (κ3) is 1.96. The van der Waals surface area contributed by atoms with E-state index in [2.05, 4.69) is 4.85 Å². The minimum Gasteiger partial charge on any atom is -0.238 e. The van der Waals surface area contributed by atoms with Crippen molar-refractivity contribution in [3.8, 4) is 0 Å². The topological polar surface area (TPSA) is 4.36 Å². The van der Waals surface area contributed by atoms with E-state index in [9.17, 15) is 17.6 Å². The lowest BCUT2D eigenvalue weighted by Gasteiger charge is -2.07. The highest BCUT2D eigenvalue weighted by Gasteiger charge is 2.33. The molecule has 0 amide bonds. The van der Waals surface area contributed by atoms with Crippen molar-refractivity contribution in [2.45, 2.75) is 6.18 Å². The average Bonchev–Trinajstić information content (AvgIpc) is 2.03. The third-order valence-electron chi connectivity index (χ3n) is 1.38. The van der Waals surface area contributed by atoms with Gasteiger partial charge >= 0.3 is 6.18 Å². The van der Waals surface area contributed by atoms with E-state index in [0.717, 1.165) is 12.1 Å². The maximum Gasteiger partial charge on any atom is 0.407 e. The van der Waals surface area contributed by atoms with Gasteiger partial charge in [-0.05, 0) is 12.1 Å². The van der Waals surface area contributed by atoms with Crippen LogP contribution < -0.4 is 0 Å². The zero-order chi connectivity index (χ0) is 10.1. The Morgan fingerprint density at radius 2 is 1.85 bits per heavy atom. The Kier molecular flexibility index (Phi) is 2.24. The molecule has 0 spiro atoms. The van der Waals surface area contributed by atoms with Crippen LogP contribution in [0.1, 0.15) is 5.56 Å². The highest BCUT2D eigenvalue weighted by Crippen LogP contribution is 2.36. The van der Waals surface area contributed by atoms with E-state index in [0.29, 0.717) is 6.07 Å².